The highest BCUT2D eigenvalue weighted by Gasteiger charge is 2.27. The molecule has 0 radical (unpaired) electrons. The zero-order chi connectivity index (χ0) is 21.4. The first kappa shape index (κ1) is 21.7. The number of rotatable bonds is 5. The van der Waals surface area contributed by atoms with Crippen LogP contribution in [0.15, 0.2) is 29.4 Å². The third-order valence-corrected chi connectivity index (χ3v) is 7.17. The molecule has 0 saturated carbocycles. The van der Waals surface area contributed by atoms with Crippen molar-refractivity contribution in [3.05, 3.63) is 35.8 Å². The van der Waals surface area contributed by atoms with E-state index in [0.29, 0.717) is 18.9 Å². The number of anilines is 1. The number of pyridine rings is 1. The van der Waals surface area contributed by atoms with Gasteiger partial charge in [0.15, 0.2) is 0 Å². The topological polar surface area (TPSA) is 83.4 Å². The van der Waals surface area contributed by atoms with Crippen LogP contribution in [0.1, 0.15) is 45.0 Å². The van der Waals surface area contributed by atoms with Gasteiger partial charge in [-0.1, -0.05) is 0 Å². The second kappa shape index (κ2) is 8.04. The highest BCUT2D eigenvalue weighted by atomic mass is 32.2. The normalized spacial score (nSPS) is 18.0. The Morgan fingerprint density at radius 2 is 1.79 bits per heavy atom. The van der Waals surface area contributed by atoms with Crippen molar-refractivity contribution >= 4 is 15.8 Å². The zero-order valence-electron chi connectivity index (χ0n) is 18.2. The van der Waals surface area contributed by atoms with E-state index in [4.69, 9.17) is 0 Å². The van der Waals surface area contributed by atoms with Crippen molar-refractivity contribution in [1.29, 1.82) is 0 Å². The van der Waals surface area contributed by atoms with Gasteiger partial charge in [-0.25, -0.2) is 13.4 Å². The summed E-state index contributed by atoms with van der Waals surface area (Å²) in [5.41, 5.74) is 1.98. The monoisotopic (exact) mass is 420 g/mol. The SMILES string of the molecule is Cc1nn(C(C)(C)C)cc1C(C)Nc1ccc(S(=O)(=O)N2CCN(C)CC2)cn1. The Morgan fingerprint density at radius 1 is 1.14 bits per heavy atom. The molecule has 0 aliphatic carbocycles. The summed E-state index contributed by atoms with van der Waals surface area (Å²) in [4.78, 5) is 6.71. The first-order valence-electron chi connectivity index (χ1n) is 9.96. The van der Waals surface area contributed by atoms with Gasteiger partial charge >= 0.3 is 0 Å². The van der Waals surface area contributed by atoms with Crippen molar-refractivity contribution in [3.8, 4) is 0 Å². The highest BCUT2D eigenvalue weighted by Crippen LogP contribution is 2.24. The molecule has 1 atom stereocenters. The van der Waals surface area contributed by atoms with Crippen molar-refractivity contribution in [2.45, 2.75) is 51.1 Å². The number of aromatic nitrogens is 3. The lowest BCUT2D eigenvalue weighted by atomic mass is 10.1. The quantitative estimate of drug-likeness (QED) is 0.800. The lowest BCUT2D eigenvalue weighted by Crippen LogP contribution is -2.47. The Kier molecular flexibility index (Phi) is 6.03. The summed E-state index contributed by atoms with van der Waals surface area (Å²) < 4.78 is 29.2. The molecule has 29 heavy (non-hydrogen) atoms. The maximum absolute atomic E-state index is 12.8. The Hall–Kier alpha value is -1.97. The fourth-order valence-electron chi connectivity index (χ4n) is 3.34. The second-order valence-electron chi connectivity index (χ2n) is 8.74. The molecular formula is C20H32N6O2S. The summed E-state index contributed by atoms with van der Waals surface area (Å²) in [5, 5.41) is 7.96. The van der Waals surface area contributed by atoms with E-state index in [9.17, 15) is 8.42 Å². The summed E-state index contributed by atoms with van der Waals surface area (Å²) >= 11 is 0. The van der Waals surface area contributed by atoms with Crippen molar-refractivity contribution < 1.29 is 8.42 Å². The number of hydrogen-bond acceptors (Lipinski definition) is 6. The van der Waals surface area contributed by atoms with E-state index in [0.717, 1.165) is 24.3 Å². The molecule has 1 aliphatic heterocycles. The Bertz CT molecular complexity index is 938. The van der Waals surface area contributed by atoms with Gasteiger partial charge in [0.05, 0.1) is 17.3 Å². The molecule has 1 unspecified atom stereocenters. The van der Waals surface area contributed by atoms with Crippen molar-refractivity contribution in [2.75, 3.05) is 38.5 Å². The Labute approximate surface area is 174 Å². The number of aryl methyl sites for hydroxylation is 1. The first-order valence-corrected chi connectivity index (χ1v) is 11.4. The van der Waals surface area contributed by atoms with Gasteiger partial charge in [0.2, 0.25) is 10.0 Å². The minimum absolute atomic E-state index is 0.00121. The summed E-state index contributed by atoms with van der Waals surface area (Å²) in [5.74, 6) is 0.637. The van der Waals surface area contributed by atoms with Gasteiger partial charge in [-0.15, -0.1) is 0 Å². The molecule has 2 aromatic heterocycles. The number of sulfonamides is 1. The van der Waals surface area contributed by atoms with Crippen molar-refractivity contribution in [1.82, 2.24) is 24.0 Å². The summed E-state index contributed by atoms with van der Waals surface area (Å²) in [6.45, 7) is 12.9. The van der Waals surface area contributed by atoms with Crippen LogP contribution in [0.5, 0.6) is 0 Å². The van der Waals surface area contributed by atoms with E-state index in [1.807, 2.05) is 25.6 Å². The summed E-state index contributed by atoms with van der Waals surface area (Å²) in [6, 6.07) is 3.35. The fraction of sp³-hybridized carbons (Fsp3) is 0.600. The van der Waals surface area contributed by atoms with Crippen LogP contribution in [-0.4, -0.2) is 65.6 Å². The van der Waals surface area contributed by atoms with Crippen LogP contribution in [0.2, 0.25) is 0 Å². The van der Waals surface area contributed by atoms with Gasteiger partial charge in [0, 0.05) is 44.1 Å². The minimum Gasteiger partial charge on any atom is -0.363 e. The number of nitrogens with one attached hydrogen (secondary N) is 1. The van der Waals surface area contributed by atoms with Crippen LogP contribution in [0, 0.1) is 6.92 Å². The molecule has 3 rings (SSSR count). The number of likely N-dealkylation sites (N-methyl/N-ethyl adjacent to an activating group) is 1. The first-order chi connectivity index (χ1) is 13.5. The Balaban J connectivity index is 1.71. The molecule has 8 nitrogen and oxygen atoms in total. The standard InChI is InChI=1S/C20H32N6O2S/c1-15(18-14-26(20(3,4)5)23-16(18)2)22-19-8-7-17(13-21-19)29(27,28)25-11-9-24(6)10-12-25/h7-8,13-15H,9-12H2,1-6H3,(H,21,22). The molecule has 2 aromatic rings. The maximum atomic E-state index is 12.8. The lowest BCUT2D eigenvalue weighted by Gasteiger charge is -2.31. The van der Waals surface area contributed by atoms with E-state index >= 15 is 0 Å². The third-order valence-electron chi connectivity index (χ3n) is 5.29. The van der Waals surface area contributed by atoms with E-state index in [-0.39, 0.29) is 16.5 Å². The van der Waals surface area contributed by atoms with E-state index < -0.39 is 10.0 Å². The molecule has 9 heteroatoms. The van der Waals surface area contributed by atoms with Crippen LogP contribution in [0.3, 0.4) is 0 Å². The third kappa shape index (κ3) is 4.79. The van der Waals surface area contributed by atoms with Gasteiger partial charge in [-0.05, 0) is 53.8 Å². The fourth-order valence-corrected chi connectivity index (χ4v) is 4.71. The van der Waals surface area contributed by atoms with Gasteiger partial charge in [-0.3, -0.25) is 4.68 Å². The highest BCUT2D eigenvalue weighted by molar-refractivity contribution is 7.89. The van der Waals surface area contributed by atoms with Crippen LogP contribution in [-0.2, 0) is 15.6 Å². The van der Waals surface area contributed by atoms with Crippen molar-refractivity contribution in [2.24, 2.45) is 0 Å². The van der Waals surface area contributed by atoms with Crippen LogP contribution in [0.25, 0.3) is 0 Å². The van der Waals surface area contributed by atoms with Gasteiger partial charge < -0.3 is 10.2 Å². The average molecular weight is 421 g/mol. The summed E-state index contributed by atoms with van der Waals surface area (Å²) in [7, 11) is -1.50. The molecular weight excluding hydrogens is 388 g/mol. The predicted octanol–water partition coefficient (Wildman–Crippen LogP) is 2.45. The van der Waals surface area contributed by atoms with Crippen molar-refractivity contribution in [3.63, 3.8) is 0 Å². The number of piperazine rings is 1. The second-order valence-corrected chi connectivity index (χ2v) is 10.7. The largest absolute Gasteiger partial charge is 0.363 e. The van der Waals surface area contributed by atoms with E-state index in [1.54, 1.807) is 12.1 Å². The molecule has 1 saturated heterocycles. The molecule has 1 fully saturated rings. The van der Waals surface area contributed by atoms with Crippen LogP contribution < -0.4 is 5.32 Å². The van der Waals surface area contributed by atoms with E-state index in [1.165, 1.54) is 10.5 Å². The molecule has 160 valence electrons. The van der Waals surface area contributed by atoms with E-state index in [2.05, 4.69) is 47.3 Å². The predicted molar refractivity (Wildman–Crippen MR) is 114 cm³/mol. The number of nitrogens with zero attached hydrogens (tertiary/aromatic N) is 5. The summed E-state index contributed by atoms with van der Waals surface area (Å²) in [6.07, 6.45) is 3.49. The van der Waals surface area contributed by atoms with Crippen LogP contribution >= 0.6 is 0 Å². The molecule has 0 aromatic carbocycles. The van der Waals surface area contributed by atoms with Gasteiger partial charge in [0.1, 0.15) is 10.7 Å². The number of hydrogen-bond donors (Lipinski definition) is 1. The average Bonchev–Trinajstić information content (AvgIpc) is 3.05. The lowest BCUT2D eigenvalue weighted by molar-refractivity contribution is 0.222. The molecule has 1 aliphatic rings. The molecule has 0 spiro atoms. The smallest absolute Gasteiger partial charge is 0.244 e. The minimum atomic E-state index is -3.50. The van der Waals surface area contributed by atoms with Gasteiger partial charge in [-0.2, -0.15) is 9.40 Å². The van der Waals surface area contributed by atoms with Gasteiger partial charge in [0.25, 0.3) is 0 Å². The van der Waals surface area contributed by atoms with Crippen LogP contribution in [0.4, 0.5) is 5.82 Å². The Morgan fingerprint density at radius 3 is 2.31 bits per heavy atom. The zero-order valence-corrected chi connectivity index (χ0v) is 19.0. The maximum Gasteiger partial charge on any atom is 0.244 e. The molecule has 0 bridgehead atoms. The molecule has 0 amide bonds. The molecule has 3 heterocycles. The molecule has 1 N–H and O–H groups in total.